The van der Waals surface area contributed by atoms with Crippen molar-refractivity contribution in [3.05, 3.63) is 59.2 Å². The topological polar surface area (TPSA) is 41.6 Å². The summed E-state index contributed by atoms with van der Waals surface area (Å²) in [6.07, 6.45) is 0.474. The molecule has 1 atom stereocenters. The van der Waals surface area contributed by atoms with Gasteiger partial charge < -0.3 is 15.0 Å². The first-order valence-corrected chi connectivity index (χ1v) is 8.74. The van der Waals surface area contributed by atoms with E-state index in [-0.39, 0.29) is 12.1 Å². The maximum Gasteiger partial charge on any atom is 0.339 e. The van der Waals surface area contributed by atoms with E-state index in [4.69, 9.17) is 4.74 Å². The van der Waals surface area contributed by atoms with Gasteiger partial charge in [-0.05, 0) is 35.4 Å². The Balaban J connectivity index is 1.61. The molecule has 124 valence electrons. The number of piperazine rings is 1. The van der Waals surface area contributed by atoms with Gasteiger partial charge in [-0.2, -0.15) is 0 Å². The summed E-state index contributed by atoms with van der Waals surface area (Å²) in [4.78, 5) is 15.7. The molecule has 5 heteroatoms. The molecule has 4 nitrogen and oxygen atoms in total. The van der Waals surface area contributed by atoms with Crippen molar-refractivity contribution in [1.82, 2.24) is 5.32 Å². The van der Waals surface area contributed by atoms with Crippen LogP contribution in [-0.4, -0.2) is 32.1 Å². The van der Waals surface area contributed by atoms with Gasteiger partial charge >= 0.3 is 5.97 Å². The number of cyclic esters (lactones) is 1. The fourth-order valence-electron chi connectivity index (χ4n) is 3.40. The summed E-state index contributed by atoms with van der Waals surface area (Å²) in [7, 11) is 0. The van der Waals surface area contributed by atoms with Crippen LogP contribution in [0.3, 0.4) is 0 Å². The van der Waals surface area contributed by atoms with Crippen molar-refractivity contribution in [1.29, 1.82) is 0 Å². The second-order valence-corrected chi connectivity index (χ2v) is 6.79. The van der Waals surface area contributed by atoms with Crippen LogP contribution in [-0.2, 0) is 11.2 Å². The first-order chi connectivity index (χ1) is 11.7. The molecule has 0 radical (unpaired) electrons. The van der Waals surface area contributed by atoms with Crippen LogP contribution in [0.1, 0.15) is 27.6 Å². The fourth-order valence-corrected chi connectivity index (χ4v) is 3.63. The van der Waals surface area contributed by atoms with Crippen LogP contribution < -0.4 is 10.2 Å². The van der Waals surface area contributed by atoms with Crippen molar-refractivity contribution >= 4 is 24.3 Å². The molecule has 0 amide bonds. The Morgan fingerprint density at radius 2 is 1.96 bits per heavy atom. The van der Waals surface area contributed by atoms with Crippen LogP contribution in [0.15, 0.2) is 47.4 Å². The summed E-state index contributed by atoms with van der Waals surface area (Å²) in [5.41, 5.74) is 3.85. The van der Waals surface area contributed by atoms with Gasteiger partial charge in [0.05, 0.1) is 5.56 Å². The van der Waals surface area contributed by atoms with Gasteiger partial charge in [0.15, 0.2) is 0 Å². The lowest BCUT2D eigenvalue weighted by atomic mass is 9.94. The van der Waals surface area contributed by atoms with Gasteiger partial charge in [-0.15, -0.1) is 12.6 Å². The van der Waals surface area contributed by atoms with E-state index >= 15 is 0 Å². The van der Waals surface area contributed by atoms with Gasteiger partial charge in [0.25, 0.3) is 0 Å². The number of nitrogens with zero attached hydrogens (tertiary/aromatic N) is 1. The number of ether oxygens (including phenoxy) is 1. The third-order valence-corrected chi connectivity index (χ3v) is 4.97. The van der Waals surface area contributed by atoms with E-state index in [2.05, 4.69) is 35.0 Å². The summed E-state index contributed by atoms with van der Waals surface area (Å²) in [5, 5.41) is 3.34. The lowest BCUT2D eigenvalue weighted by Gasteiger charge is -2.31. The molecular formula is C19H20N2O2S. The average molecular weight is 340 g/mol. The van der Waals surface area contributed by atoms with Crippen molar-refractivity contribution in [3.8, 4) is 0 Å². The average Bonchev–Trinajstić information content (AvgIpc) is 2.62. The zero-order chi connectivity index (χ0) is 16.5. The van der Waals surface area contributed by atoms with Crippen LogP contribution in [0.2, 0.25) is 0 Å². The highest BCUT2D eigenvalue weighted by Gasteiger charge is 2.28. The van der Waals surface area contributed by atoms with E-state index in [1.54, 1.807) is 0 Å². The van der Waals surface area contributed by atoms with Crippen molar-refractivity contribution in [3.63, 3.8) is 0 Å². The maximum atomic E-state index is 12.5. The molecule has 1 saturated heterocycles. The molecule has 1 fully saturated rings. The summed E-state index contributed by atoms with van der Waals surface area (Å²) in [6.45, 7) is 3.88. The Morgan fingerprint density at radius 1 is 1.12 bits per heavy atom. The molecule has 2 aliphatic heterocycles. The Bertz CT molecular complexity index is 772. The zero-order valence-corrected chi connectivity index (χ0v) is 14.3. The first kappa shape index (κ1) is 15.5. The molecular weight excluding hydrogens is 320 g/mol. The molecule has 2 aliphatic rings. The minimum atomic E-state index is -0.234. The molecule has 0 saturated carbocycles. The summed E-state index contributed by atoms with van der Waals surface area (Å²) in [5.74, 6) is -0.234. The molecule has 0 aliphatic carbocycles. The zero-order valence-electron chi connectivity index (χ0n) is 13.4. The number of fused-ring (bicyclic) bond motifs is 1. The highest BCUT2D eigenvalue weighted by molar-refractivity contribution is 7.80. The van der Waals surface area contributed by atoms with E-state index in [0.29, 0.717) is 12.0 Å². The lowest BCUT2D eigenvalue weighted by molar-refractivity contribution is 0.0252. The molecule has 2 heterocycles. The maximum absolute atomic E-state index is 12.5. The number of thiol groups is 1. The van der Waals surface area contributed by atoms with E-state index in [9.17, 15) is 4.79 Å². The summed E-state index contributed by atoms with van der Waals surface area (Å²) in [6, 6.07) is 14.0. The number of benzene rings is 2. The third-order valence-electron chi connectivity index (χ3n) is 4.69. The number of carbonyl (C=O) groups is 1. The molecule has 0 aromatic heterocycles. The van der Waals surface area contributed by atoms with Crippen molar-refractivity contribution < 1.29 is 9.53 Å². The van der Waals surface area contributed by atoms with Gasteiger partial charge in [-0.25, -0.2) is 4.79 Å². The van der Waals surface area contributed by atoms with Gasteiger partial charge in [0.2, 0.25) is 0 Å². The minimum Gasteiger partial charge on any atom is -0.454 e. The van der Waals surface area contributed by atoms with Crippen LogP contribution in [0.5, 0.6) is 0 Å². The molecule has 24 heavy (non-hydrogen) atoms. The largest absolute Gasteiger partial charge is 0.454 e. The summed E-state index contributed by atoms with van der Waals surface area (Å²) < 4.78 is 5.69. The number of nitrogens with one attached hydrogen (secondary N) is 1. The number of rotatable bonds is 2. The van der Waals surface area contributed by atoms with E-state index < -0.39 is 0 Å². The monoisotopic (exact) mass is 340 g/mol. The number of hydrogen-bond donors (Lipinski definition) is 2. The molecule has 4 rings (SSSR count). The number of hydrogen-bond acceptors (Lipinski definition) is 5. The number of carbonyl (C=O) groups excluding carboxylic acids is 1. The van der Waals surface area contributed by atoms with Crippen LogP contribution in [0.4, 0.5) is 5.69 Å². The normalized spacial score (nSPS) is 20.5. The number of anilines is 1. The highest BCUT2D eigenvalue weighted by Crippen LogP contribution is 2.33. The molecule has 0 bridgehead atoms. The van der Waals surface area contributed by atoms with Crippen LogP contribution >= 0.6 is 12.6 Å². The standard InChI is InChI=1S/C19H20N2O2S/c22-19-17-12-15(21-8-6-20-7-9-21)5-4-13(17)11-18(23-19)14-2-1-3-16(24)10-14/h1-5,10,12,18,20,24H,6-9,11H2. The number of esters is 1. The Hall–Kier alpha value is -1.98. The van der Waals surface area contributed by atoms with Crippen LogP contribution in [0, 0.1) is 0 Å². The predicted octanol–water partition coefficient (Wildman–Crippen LogP) is 2.84. The molecule has 1 unspecified atom stereocenters. The van der Waals surface area contributed by atoms with Gasteiger partial charge in [-0.3, -0.25) is 0 Å². The Labute approximate surface area is 147 Å². The minimum absolute atomic E-state index is 0.234. The Kier molecular flexibility index (Phi) is 4.21. The predicted molar refractivity (Wildman–Crippen MR) is 97.1 cm³/mol. The SMILES string of the molecule is O=C1OC(c2cccc(S)c2)Cc2ccc(N3CCNCC3)cc21. The van der Waals surface area contributed by atoms with E-state index in [0.717, 1.165) is 47.9 Å². The quantitative estimate of drug-likeness (QED) is 0.652. The summed E-state index contributed by atoms with van der Waals surface area (Å²) >= 11 is 4.37. The van der Waals surface area contributed by atoms with Crippen molar-refractivity contribution in [2.45, 2.75) is 17.4 Å². The lowest BCUT2D eigenvalue weighted by Crippen LogP contribution is -2.43. The van der Waals surface area contributed by atoms with Crippen molar-refractivity contribution in [2.24, 2.45) is 0 Å². The third kappa shape index (κ3) is 3.01. The highest BCUT2D eigenvalue weighted by atomic mass is 32.1. The van der Waals surface area contributed by atoms with E-state index in [1.165, 1.54) is 0 Å². The second-order valence-electron chi connectivity index (χ2n) is 6.27. The molecule has 2 aromatic carbocycles. The second kappa shape index (κ2) is 6.49. The van der Waals surface area contributed by atoms with Gasteiger partial charge in [-0.1, -0.05) is 18.2 Å². The van der Waals surface area contributed by atoms with Crippen LogP contribution in [0.25, 0.3) is 0 Å². The smallest absolute Gasteiger partial charge is 0.339 e. The molecule has 1 N–H and O–H groups in total. The van der Waals surface area contributed by atoms with Gasteiger partial charge in [0.1, 0.15) is 6.10 Å². The Morgan fingerprint density at radius 3 is 2.75 bits per heavy atom. The van der Waals surface area contributed by atoms with E-state index in [1.807, 2.05) is 30.3 Å². The van der Waals surface area contributed by atoms with Gasteiger partial charge in [0, 0.05) is 43.2 Å². The molecule has 0 spiro atoms. The fraction of sp³-hybridized carbons (Fsp3) is 0.316. The van der Waals surface area contributed by atoms with Crippen molar-refractivity contribution in [2.75, 3.05) is 31.1 Å². The molecule has 2 aromatic rings. The first-order valence-electron chi connectivity index (χ1n) is 8.29.